The molecule has 0 spiro atoms. The van der Waals surface area contributed by atoms with Crippen molar-refractivity contribution in [1.82, 2.24) is 24.9 Å². The molecule has 2 aliphatic rings. The van der Waals surface area contributed by atoms with Crippen molar-refractivity contribution in [3.8, 4) is 11.5 Å². The number of aliphatic carboxylic acids is 1. The van der Waals surface area contributed by atoms with Gasteiger partial charge in [0.05, 0.1) is 13.5 Å². The van der Waals surface area contributed by atoms with Crippen LogP contribution in [-0.2, 0) is 29.6 Å². The topological polar surface area (TPSA) is 140 Å². The zero-order valence-corrected chi connectivity index (χ0v) is 24.1. The summed E-state index contributed by atoms with van der Waals surface area (Å²) >= 11 is 0. The van der Waals surface area contributed by atoms with Crippen molar-refractivity contribution in [1.29, 1.82) is 0 Å². The predicted octanol–water partition coefficient (Wildman–Crippen LogP) is 4.34. The lowest BCUT2D eigenvalue weighted by Crippen LogP contribution is -2.41. The van der Waals surface area contributed by atoms with E-state index in [1.807, 2.05) is 31.4 Å². The van der Waals surface area contributed by atoms with Gasteiger partial charge in [-0.1, -0.05) is 23.4 Å². The van der Waals surface area contributed by atoms with Crippen molar-refractivity contribution < 1.29 is 29.3 Å². The Labute approximate surface area is 243 Å². The van der Waals surface area contributed by atoms with Crippen LogP contribution in [-0.4, -0.2) is 66.8 Å². The molecule has 2 aromatic carbocycles. The van der Waals surface area contributed by atoms with Crippen LogP contribution in [0.25, 0.3) is 11.0 Å². The third-order valence-corrected chi connectivity index (χ3v) is 7.95. The average molecular weight is 574 g/mol. The first-order valence-corrected chi connectivity index (χ1v) is 13.8. The molecule has 0 saturated carbocycles. The number of methoxy groups -OCH3 is 1. The Morgan fingerprint density at radius 2 is 2.00 bits per heavy atom. The van der Waals surface area contributed by atoms with Gasteiger partial charge in [0.1, 0.15) is 28.1 Å². The van der Waals surface area contributed by atoms with E-state index in [-0.39, 0.29) is 30.5 Å². The van der Waals surface area contributed by atoms with Gasteiger partial charge in [0.15, 0.2) is 0 Å². The number of hydrogen-bond acceptors (Lipinski definition) is 8. The maximum Gasteiger partial charge on any atom is 0.304 e. The maximum absolute atomic E-state index is 12.1. The lowest BCUT2D eigenvalue weighted by molar-refractivity contribution is -0.137. The lowest BCUT2D eigenvalue weighted by atomic mass is 9.86. The molecule has 2 unspecified atom stereocenters. The number of nitrogens with zero attached hydrogens (tertiary/aromatic N) is 5. The first-order chi connectivity index (χ1) is 20.1. The Morgan fingerprint density at radius 3 is 2.74 bits per heavy atom. The van der Waals surface area contributed by atoms with Crippen LogP contribution >= 0.6 is 0 Å². The van der Waals surface area contributed by atoms with E-state index in [9.17, 15) is 9.90 Å². The molecule has 2 atom stereocenters. The smallest absolute Gasteiger partial charge is 0.304 e. The standard InChI is InChI=1S/C30H33N5O4.CH2O2/c1-30(2)17-35(16-21-15-31-10-9-26(21)39-30)25-8-7-18-5-6-19(11-23(18)25)22(14-28(36)37)20-12-24-29(27(13-20)38-4)34(3)33-32-24;2-1-3/h5-6,9-13,15,22,25H,7-8,14,16-17H2,1-4H3,(H,36,37);1H,(H,2,3). The third kappa shape index (κ3) is 5.78. The summed E-state index contributed by atoms with van der Waals surface area (Å²) in [5, 5.41) is 25.2. The number of pyridine rings is 1. The van der Waals surface area contributed by atoms with Gasteiger partial charge in [0.25, 0.3) is 6.47 Å². The van der Waals surface area contributed by atoms with E-state index in [0.717, 1.165) is 53.9 Å². The second-order valence-electron chi connectivity index (χ2n) is 11.3. The minimum Gasteiger partial charge on any atom is -0.494 e. The molecule has 2 aromatic heterocycles. The first-order valence-electron chi connectivity index (χ1n) is 13.8. The van der Waals surface area contributed by atoms with Crippen molar-refractivity contribution >= 4 is 23.5 Å². The van der Waals surface area contributed by atoms with Crippen LogP contribution in [0.5, 0.6) is 11.5 Å². The van der Waals surface area contributed by atoms with Gasteiger partial charge in [-0.15, -0.1) is 5.10 Å². The molecule has 0 saturated heterocycles. The van der Waals surface area contributed by atoms with Crippen LogP contribution in [0.2, 0.25) is 0 Å². The van der Waals surface area contributed by atoms with Crippen LogP contribution in [0.3, 0.4) is 0 Å². The summed E-state index contributed by atoms with van der Waals surface area (Å²) in [6.45, 7) is 5.52. The molecule has 11 heteroatoms. The van der Waals surface area contributed by atoms with Crippen molar-refractivity contribution in [2.75, 3.05) is 13.7 Å². The van der Waals surface area contributed by atoms with Crippen molar-refractivity contribution in [2.24, 2.45) is 7.05 Å². The van der Waals surface area contributed by atoms with Crippen LogP contribution in [0.4, 0.5) is 0 Å². The summed E-state index contributed by atoms with van der Waals surface area (Å²) in [7, 11) is 3.42. The van der Waals surface area contributed by atoms with Crippen molar-refractivity contribution in [3.63, 3.8) is 0 Å². The summed E-state index contributed by atoms with van der Waals surface area (Å²) in [4.78, 5) is 27.3. The number of rotatable bonds is 6. The number of hydrogen-bond donors (Lipinski definition) is 2. The van der Waals surface area contributed by atoms with Gasteiger partial charge in [-0.05, 0) is 67.1 Å². The molecule has 0 radical (unpaired) electrons. The van der Waals surface area contributed by atoms with E-state index in [4.69, 9.17) is 19.4 Å². The minimum atomic E-state index is -0.856. The molecule has 1 aliphatic heterocycles. The van der Waals surface area contributed by atoms with E-state index >= 15 is 0 Å². The van der Waals surface area contributed by atoms with E-state index in [1.165, 1.54) is 11.1 Å². The third-order valence-electron chi connectivity index (χ3n) is 7.95. The van der Waals surface area contributed by atoms with Gasteiger partial charge in [-0.3, -0.25) is 19.5 Å². The number of carboxylic acids is 1. The molecule has 2 N–H and O–H groups in total. The second-order valence-corrected chi connectivity index (χ2v) is 11.3. The highest BCUT2D eigenvalue weighted by Crippen LogP contribution is 2.43. The molecule has 0 amide bonds. The Kier molecular flexibility index (Phi) is 8.13. The van der Waals surface area contributed by atoms with Gasteiger partial charge in [0, 0.05) is 50.1 Å². The summed E-state index contributed by atoms with van der Waals surface area (Å²) < 4.78 is 13.7. The molecule has 42 heavy (non-hydrogen) atoms. The monoisotopic (exact) mass is 573 g/mol. The average Bonchev–Trinajstić information content (AvgIpc) is 3.51. The second kappa shape index (κ2) is 11.8. The number of benzene rings is 2. The molecule has 0 bridgehead atoms. The summed E-state index contributed by atoms with van der Waals surface area (Å²) in [5.41, 5.74) is 6.59. The van der Waals surface area contributed by atoms with Gasteiger partial charge < -0.3 is 19.7 Å². The summed E-state index contributed by atoms with van der Waals surface area (Å²) in [6, 6.07) is 12.5. The first kappa shape index (κ1) is 29.0. The SMILES string of the molecule is COc1cc(C(CC(=O)O)c2ccc3c(c2)C(N2Cc4cnccc4OC(C)(C)C2)CC3)cc2nnn(C)c12.O=CO. The minimum absolute atomic E-state index is 0.0397. The van der Waals surface area contributed by atoms with E-state index < -0.39 is 5.97 Å². The van der Waals surface area contributed by atoms with Crippen LogP contribution in [0.15, 0.2) is 48.8 Å². The predicted molar refractivity (Wildman–Crippen MR) is 155 cm³/mol. The number of carboxylic acid groups (broad SMARTS) is 2. The van der Waals surface area contributed by atoms with Gasteiger partial charge in [0.2, 0.25) is 0 Å². The highest BCUT2D eigenvalue weighted by molar-refractivity contribution is 5.83. The number of fused-ring (bicyclic) bond motifs is 3. The van der Waals surface area contributed by atoms with Crippen molar-refractivity contribution in [2.45, 2.75) is 57.2 Å². The van der Waals surface area contributed by atoms with Crippen LogP contribution in [0.1, 0.15) is 66.5 Å². The maximum atomic E-state index is 12.1. The fourth-order valence-electron chi connectivity index (χ4n) is 6.28. The summed E-state index contributed by atoms with van der Waals surface area (Å²) in [6.07, 6.45) is 5.63. The number of aryl methyl sites for hydroxylation is 2. The Balaban J connectivity index is 0.00000113. The van der Waals surface area contributed by atoms with E-state index in [1.54, 1.807) is 18.0 Å². The molecular weight excluding hydrogens is 538 g/mol. The summed E-state index contributed by atoms with van der Waals surface area (Å²) in [5.74, 6) is 0.303. The van der Waals surface area contributed by atoms with Crippen molar-refractivity contribution in [3.05, 3.63) is 76.6 Å². The molecule has 6 rings (SSSR count). The van der Waals surface area contributed by atoms with E-state index in [2.05, 4.69) is 52.2 Å². The largest absolute Gasteiger partial charge is 0.494 e. The fraction of sp³-hybridized carbons (Fsp3) is 0.387. The van der Waals surface area contributed by atoms with Crippen LogP contribution in [0, 0.1) is 0 Å². The highest BCUT2D eigenvalue weighted by atomic mass is 16.5. The lowest BCUT2D eigenvalue weighted by Gasteiger charge is -2.34. The quantitative estimate of drug-likeness (QED) is 0.320. The number of carbonyl (C=O) groups is 2. The molecule has 220 valence electrons. The van der Waals surface area contributed by atoms with Gasteiger partial charge in [-0.2, -0.15) is 0 Å². The van der Waals surface area contributed by atoms with Crippen LogP contribution < -0.4 is 9.47 Å². The Morgan fingerprint density at radius 1 is 1.21 bits per heavy atom. The normalized spacial score (nSPS) is 18.0. The Hall–Kier alpha value is -4.51. The van der Waals surface area contributed by atoms with E-state index in [0.29, 0.717) is 11.3 Å². The molecule has 4 aromatic rings. The number of ether oxygens (including phenoxy) is 2. The Bertz CT molecular complexity index is 1620. The fourth-order valence-corrected chi connectivity index (χ4v) is 6.28. The number of aromatic nitrogens is 4. The molecule has 1 aliphatic carbocycles. The zero-order valence-electron chi connectivity index (χ0n) is 24.1. The molecule has 11 nitrogen and oxygen atoms in total. The molecular formula is C31H35N5O6. The molecule has 0 fully saturated rings. The molecule has 3 heterocycles. The van der Waals surface area contributed by atoms with Gasteiger partial charge >= 0.3 is 5.97 Å². The van der Waals surface area contributed by atoms with Gasteiger partial charge in [-0.25, -0.2) is 4.68 Å². The highest BCUT2D eigenvalue weighted by Gasteiger charge is 2.36. The zero-order chi connectivity index (χ0) is 30.0.